The maximum Gasteiger partial charge on any atom is 0.0462 e. The molecule has 0 aromatic carbocycles. The van der Waals surface area contributed by atoms with Crippen molar-refractivity contribution >= 4 is 0 Å². The standard InChI is InChI=1S/C17H36O/c1-17(2)15-13-11-9-7-5-4-6-8-10-12-14-16-18-3/h17H,4-16H2,1-3H3. The lowest BCUT2D eigenvalue weighted by atomic mass is 10.0. The second kappa shape index (κ2) is 15.0. The zero-order chi connectivity index (χ0) is 13.5. The molecule has 0 unspecified atom stereocenters. The van der Waals surface area contributed by atoms with Crippen molar-refractivity contribution in [2.75, 3.05) is 13.7 Å². The van der Waals surface area contributed by atoms with Crippen LogP contribution in [0.25, 0.3) is 0 Å². The van der Waals surface area contributed by atoms with Crippen LogP contribution in [-0.2, 0) is 4.74 Å². The van der Waals surface area contributed by atoms with Gasteiger partial charge in [-0.15, -0.1) is 0 Å². The van der Waals surface area contributed by atoms with Gasteiger partial charge in [-0.1, -0.05) is 84.5 Å². The predicted octanol–water partition coefficient (Wildman–Crippen LogP) is 5.97. The van der Waals surface area contributed by atoms with Gasteiger partial charge in [0.1, 0.15) is 0 Å². The summed E-state index contributed by atoms with van der Waals surface area (Å²) in [6.07, 6.45) is 17.0. The highest BCUT2D eigenvalue weighted by Gasteiger charge is 1.95. The zero-order valence-electron chi connectivity index (χ0n) is 13.2. The van der Waals surface area contributed by atoms with Crippen molar-refractivity contribution in [2.45, 2.75) is 90.9 Å². The van der Waals surface area contributed by atoms with E-state index in [1.54, 1.807) is 7.11 Å². The molecule has 0 saturated carbocycles. The zero-order valence-corrected chi connectivity index (χ0v) is 13.2. The second-order valence-corrected chi connectivity index (χ2v) is 6.06. The summed E-state index contributed by atoms with van der Waals surface area (Å²) in [6.45, 7) is 5.59. The Labute approximate surface area is 116 Å². The van der Waals surface area contributed by atoms with Gasteiger partial charge in [0.25, 0.3) is 0 Å². The molecule has 110 valence electrons. The summed E-state index contributed by atoms with van der Waals surface area (Å²) < 4.78 is 5.05. The van der Waals surface area contributed by atoms with Crippen molar-refractivity contribution in [3.63, 3.8) is 0 Å². The largest absolute Gasteiger partial charge is 0.385 e. The first-order valence-electron chi connectivity index (χ1n) is 8.26. The Morgan fingerprint density at radius 3 is 1.39 bits per heavy atom. The quantitative estimate of drug-likeness (QED) is 0.348. The van der Waals surface area contributed by atoms with E-state index in [-0.39, 0.29) is 0 Å². The molecule has 18 heavy (non-hydrogen) atoms. The van der Waals surface area contributed by atoms with Gasteiger partial charge in [0.15, 0.2) is 0 Å². The SMILES string of the molecule is COCCCCCCCCCCCCCC(C)C. The third-order valence-electron chi connectivity index (χ3n) is 3.63. The Hall–Kier alpha value is -0.0400. The molecule has 0 rings (SSSR count). The molecule has 0 aromatic heterocycles. The van der Waals surface area contributed by atoms with Gasteiger partial charge >= 0.3 is 0 Å². The topological polar surface area (TPSA) is 9.23 Å². The summed E-state index contributed by atoms with van der Waals surface area (Å²) in [5.74, 6) is 0.892. The van der Waals surface area contributed by atoms with Crippen LogP contribution in [0, 0.1) is 5.92 Å². The van der Waals surface area contributed by atoms with Crippen LogP contribution >= 0.6 is 0 Å². The molecule has 0 amide bonds. The second-order valence-electron chi connectivity index (χ2n) is 6.06. The van der Waals surface area contributed by atoms with Crippen molar-refractivity contribution < 1.29 is 4.74 Å². The molecule has 0 aromatic rings. The molecule has 0 N–H and O–H groups in total. The predicted molar refractivity (Wildman–Crippen MR) is 82.1 cm³/mol. The molecule has 0 bridgehead atoms. The molecule has 1 nitrogen and oxygen atoms in total. The van der Waals surface area contributed by atoms with E-state index in [4.69, 9.17) is 4.74 Å². The van der Waals surface area contributed by atoms with Crippen molar-refractivity contribution in [3.8, 4) is 0 Å². The van der Waals surface area contributed by atoms with Gasteiger partial charge in [-0.25, -0.2) is 0 Å². The van der Waals surface area contributed by atoms with Gasteiger partial charge in [0, 0.05) is 13.7 Å². The van der Waals surface area contributed by atoms with E-state index in [1.165, 1.54) is 77.0 Å². The Kier molecular flexibility index (Phi) is 15.0. The van der Waals surface area contributed by atoms with Crippen LogP contribution in [0.2, 0.25) is 0 Å². The highest BCUT2D eigenvalue weighted by atomic mass is 16.5. The smallest absolute Gasteiger partial charge is 0.0462 e. The summed E-state index contributed by atoms with van der Waals surface area (Å²) in [5, 5.41) is 0. The van der Waals surface area contributed by atoms with E-state index in [0.29, 0.717) is 0 Å². The minimum absolute atomic E-state index is 0.892. The average molecular weight is 256 g/mol. The average Bonchev–Trinajstić information content (AvgIpc) is 2.34. The highest BCUT2D eigenvalue weighted by molar-refractivity contribution is 4.50. The fourth-order valence-corrected chi connectivity index (χ4v) is 2.39. The van der Waals surface area contributed by atoms with Crippen molar-refractivity contribution in [3.05, 3.63) is 0 Å². The van der Waals surface area contributed by atoms with Crippen LogP contribution in [0.3, 0.4) is 0 Å². The van der Waals surface area contributed by atoms with Crippen molar-refractivity contribution in [1.29, 1.82) is 0 Å². The van der Waals surface area contributed by atoms with E-state index in [9.17, 15) is 0 Å². The molecular formula is C17H36O. The van der Waals surface area contributed by atoms with E-state index in [2.05, 4.69) is 13.8 Å². The van der Waals surface area contributed by atoms with Crippen LogP contribution in [-0.4, -0.2) is 13.7 Å². The molecule has 1 heteroatoms. The third-order valence-corrected chi connectivity index (χ3v) is 3.63. The minimum atomic E-state index is 0.892. The summed E-state index contributed by atoms with van der Waals surface area (Å²) >= 11 is 0. The molecule has 0 spiro atoms. The molecule has 0 aliphatic carbocycles. The van der Waals surface area contributed by atoms with Crippen LogP contribution in [0.1, 0.15) is 90.9 Å². The Morgan fingerprint density at radius 2 is 1.00 bits per heavy atom. The molecular weight excluding hydrogens is 220 g/mol. The summed E-state index contributed by atoms with van der Waals surface area (Å²) in [7, 11) is 1.79. The molecule has 0 aliphatic heterocycles. The minimum Gasteiger partial charge on any atom is -0.385 e. The number of ether oxygens (including phenoxy) is 1. The van der Waals surface area contributed by atoms with Crippen molar-refractivity contribution in [2.24, 2.45) is 5.92 Å². The van der Waals surface area contributed by atoms with Crippen molar-refractivity contribution in [1.82, 2.24) is 0 Å². The van der Waals surface area contributed by atoms with E-state index < -0.39 is 0 Å². The van der Waals surface area contributed by atoms with Crippen LogP contribution < -0.4 is 0 Å². The Morgan fingerprint density at radius 1 is 0.611 bits per heavy atom. The summed E-state index contributed by atoms with van der Waals surface area (Å²) in [5.41, 5.74) is 0. The van der Waals surface area contributed by atoms with Gasteiger partial charge in [-0.3, -0.25) is 0 Å². The molecule has 0 atom stereocenters. The molecule has 0 fully saturated rings. The van der Waals surface area contributed by atoms with Gasteiger partial charge in [-0.2, -0.15) is 0 Å². The lowest BCUT2D eigenvalue weighted by Gasteiger charge is -2.04. The molecule has 0 heterocycles. The first-order chi connectivity index (χ1) is 8.77. The molecule has 0 aliphatic rings. The first-order valence-corrected chi connectivity index (χ1v) is 8.26. The fourth-order valence-electron chi connectivity index (χ4n) is 2.39. The van der Waals surface area contributed by atoms with E-state index in [0.717, 1.165) is 12.5 Å². The fraction of sp³-hybridized carbons (Fsp3) is 1.00. The van der Waals surface area contributed by atoms with Gasteiger partial charge in [0.05, 0.1) is 0 Å². The Balaban J connectivity index is 2.90. The number of hydrogen-bond acceptors (Lipinski definition) is 1. The lowest BCUT2D eigenvalue weighted by molar-refractivity contribution is 0.192. The lowest BCUT2D eigenvalue weighted by Crippen LogP contribution is -1.88. The number of rotatable bonds is 14. The molecule has 0 radical (unpaired) electrons. The number of methoxy groups -OCH3 is 1. The molecule has 0 saturated heterocycles. The van der Waals surface area contributed by atoms with Crippen LogP contribution in [0.4, 0.5) is 0 Å². The monoisotopic (exact) mass is 256 g/mol. The third kappa shape index (κ3) is 16.0. The summed E-state index contributed by atoms with van der Waals surface area (Å²) in [4.78, 5) is 0. The maximum atomic E-state index is 5.05. The van der Waals surface area contributed by atoms with Gasteiger partial charge in [0.2, 0.25) is 0 Å². The van der Waals surface area contributed by atoms with Gasteiger partial charge < -0.3 is 4.74 Å². The van der Waals surface area contributed by atoms with E-state index in [1.807, 2.05) is 0 Å². The number of unbranched alkanes of at least 4 members (excludes halogenated alkanes) is 10. The first kappa shape index (κ1) is 18.0. The normalized spacial score (nSPS) is 11.3. The van der Waals surface area contributed by atoms with Crippen LogP contribution in [0.5, 0.6) is 0 Å². The van der Waals surface area contributed by atoms with Gasteiger partial charge in [-0.05, 0) is 12.3 Å². The Bertz CT molecular complexity index is 143. The van der Waals surface area contributed by atoms with E-state index >= 15 is 0 Å². The van der Waals surface area contributed by atoms with Crippen LogP contribution in [0.15, 0.2) is 0 Å². The number of hydrogen-bond donors (Lipinski definition) is 0. The summed E-state index contributed by atoms with van der Waals surface area (Å²) in [6, 6.07) is 0. The highest BCUT2D eigenvalue weighted by Crippen LogP contribution is 2.13. The maximum absolute atomic E-state index is 5.05.